The van der Waals surface area contributed by atoms with Crippen molar-refractivity contribution in [2.45, 2.75) is 12.8 Å². The lowest BCUT2D eigenvalue weighted by Crippen LogP contribution is -2.22. The van der Waals surface area contributed by atoms with Crippen LogP contribution in [0.5, 0.6) is 0 Å². The highest BCUT2D eigenvalue weighted by Gasteiger charge is 2.19. The van der Waals surface area contributed by atoms with Crippen LogP contribution in [-0.4, -0.2) is 36.8 Å². The quantitative estimate of drug-likeness (QED) is 0.755. The van der Waals surface area contributed by atoms with Gasteiger partial charge in [0.2, 0.25) is 11.8 Å². The number of aliphatic imine (C=N–C) groups is 2. The Balaban J connectivity index is 1.90. The Labute approximate surface area is 115 Å². The normalized spacial score (nSPS) is 18.8. The van der Waals surface area contributed by atoms with Gasteiger partial charge in [0, 0.05) is 11.1 Å². The summed E-state index contributed by atoms with van der Waals surface area (Å²) in [5.74, 6) is 0.0142. The molecule has 2 aliphatic heterocycles. The molecule has 6 nitrogen and oxygen atoms in total. The highest BCUT2D eigenvalue weighted by atomic mass is 16.5. The SMILES string of the molecule is O=C1CCN=C(c2cccc(C3=NCCC(=O)O3)c2)O1. The van der Waals surface area contributed by atoms with Crippen LogP contribution in [0.3, 0.4) is 0 Å². The first-order valence-corrected chi connectivity index (χ1v) is 6.33. The van der Waals surface area contributed by atoms with Crippen molar-refractivity contribution in [2.24, 2.45) is 9.98 Å². The number of cyclic esters (lactones) is 2. The summed E-state index contributed by atoms with van der Waals surface area (Å²) in [7, 11) is 0. The number of nitrogens with zero attached hydrogens (tertiary/aromatic N) is 2. The van der Waals surface area contributed by atoms with Gasteiger partial charge in [-0.05, 0) is 18.2 Å². The van der Waals surface area contributed by atoms with Gasteiger partial charge in [-0.3, -0.25) is 19.6 Å². The van der Waals surface area contributed by atoms with Crippen molar-refractivity contribution < 1.29 is 19.1 Å². The van der Waals surface area contributed by atoms with E-state index in [0.717, 1.165) is 0 Å². The van der Waals surface area contributed by atoms with E-state index >= 15 is 0 Å². The zero-order valence-corrected chi connectivity index (χ0v) is 10.7. The zero-order chi connectivity index (χ0) is 13.9. The highest BCUT2D eigenvalue weighted by molar-refractivity contribution is 6.06. The summed E-state index contributed by atoms with van der Waals surface area (Å²) in [5.41, 5.74) is 1.33. The molecular formula is C14H12N2O4. The minimum atomic E-state index is -0.290. The van der Waals surface area contributed by atoms with Crippen LogP contribution in [-0.2, 0) is 19.1 Å². The minimum absolute atomic E-state index is 0.290. The van der Waals surface area contributed by atoms with Crippen LogP contribution in [0.15, 0.2) is 34.3 Å². The van der Waals surface area contributed by atoms with E-state index in [1.807, 2.05) is 0 Å². The second-order valence-electron chi connectivity index (χ2n) is 4.40. The van der Waals surface area contributed by atoms with Gasteiger partial charge >= 0.3 is 11.9 Å². The molecule has 20 heavy (non-hydrogen) atoms. The topological polar surface area (TPSA) is 77.3 Å². The Morgan fingerprint density at radius 2 is 1.35 bits per heavy atom. The van der Waals surface area contributed by atoms with Crippen LogP contribution in [0.1, 0.15) is 24.0 Å². The van der Waals surface area contributed by atoms with E-state index in [1.165, 1.54) is 0 Å². The Bertz CT molecular complexity index is 583. The van der Waals surface area contributed by atoms with E-state index in [2.05, 4.69) is 9.98 Å². The van der Waals surface area contributed by atoms with E-state index < -0.39 is 0 Å². The average molecular weight is 272 g/mol. The van der Waals surface area contributed by atoms with Crippen molar-refractivity contribution in [3.63, 3.8) is 0 Å². The largest absolute Gasteiger partial charge is 0.407 e. The van der Waals surface area contributed by atoms with Gasteiger partial charge in [0.05, 0.1) is 25.9 Å². The molecule has 1 aromatic carbocycles. The van der Waals surface area contributed by atoms with Crippen molar-refractivity contribution in [1.29, 1.82) is 0 Å². The number of ether oxygens (including phenoxy) is 2. The highest BCUT2D eigenvalue weighted by Crippen LogP contribution is 2.14. The number of benzene rings is 1. The Morgan fingerprint density at radius 3 is 1.80 bits per heavy atom. The standard InChI is InChI=1S/C14H12N2O4/c17-11-4-6-15-13(19-11)9-2-1-3-10(8-9)14-16-7-5-12(18)20-14/h1-3,8H,4-7H2. The second-order valence-corrected chi connectivity index (χ2v) is 4.40. The fraction of sp³-hybridized carbons (Fsp3) is 0.286. The molecular weight excluding hydrogens is 260 g/mol. The van der Waals surface area contributed by atoms with Crippen LogP contribution in [0.25, 0.3) is 0 Å². The second kappa shape index (κ2) is 5.24. The van der Waals surface area contributed by atoms with Gasteiger partial charge in [-0.25, -0.2) is 0 Å². The first kappa shape index (κ1) is 12.5. The molecule has 0 radical (unpaired) electrons. The van der Waals surface area contributed by atoms with Gasteiger partial charge in [-0.1, -0.05) is 6.07 Å². The third-order valence-electron chi connectivity index (χ3n) is 2.92. The monoisotopic (exact) mass is 272 g/mol. The summed E-state index contributed by atoms with van der Waals surface area (Å²) < 4.78 is 10.2. The number of carbonyl (C=O) groups excluding carboxylic acids is 2. The van der Waals surface area contributed by atoms with Gasteiger partial charge in [0.25, 0.3) is 0 Å². The third-order valence-corrected chi connectivity index (χ3v) is 2.92. The van der Waals surface area contributed by atoms with Crippen LogP contribution < -0.4 is 0 Å². The first-order valence-electron chi connectivity index (χ1n) is 6.33. The predicted octanol–water partition coefficient (Wildman–Crippen LogP) is 1.07. The van der Waals surface area contributed by atoms with E-state index in [0.29, 0.717) is 48.9 Å². The number of esters is 2. The summed E-state index contributed by atoms with van der Waals surface area (Å²) in [6.45, 7) is 0.850. The molecule has 3 rings (SSSR count). The minimum Gasteiger partial charge on any atom is -0.407 e. The summed E-state index contributed by atoms with van der Waals surface area (Å²) in [6.07, 6.45) is 0.598. The van der Waals surface area contributed by atoms with Crippen LogP contribution >= 0.6 is 0 Å². The maximum absolute atomic E-state index is 11.3. The van der Waals surface area contributed by atoms with Crippen molar-refractivity contribution in [2.75, 3.05) is 13.1 Å². The molecule has 0 saturated carbocycles. The van der Waals surface area contributed by atoms with Gasteiger partial charge in [-0.15, -0.1) is 0 Å². The van der Waals surface area contributed by atoms with Crippen molar-refractivity contribution in [3.8, 4) is 0 Å². The number of rotatable bonds is 2. The van der Waals surface area contributed by atoms with Gasteiger partial charge < -0.3 is 9.47 Å². The van der Waals surface area contributed by atoms with E-state index in [-0.39, 0.29) is 11.9 Å². The number of hydrogen-bond donors (Lipinski definition) is 0. The maximum Gasteiger partial charge on any atom is 0.314 e. The van der Waals surface area contributed by atoms with Gasteiger partial charge in [0.1, 0.15) is 0 Å². The lowest BCUT2D eigenvalue weighted by molar-refractivity contribution is -0.136. The van der Waals surface area contributed by atoms with Crippen molar-refractivity contribution >= 4 is 23.7 Å². The summed E-state index contributed by atoms with van der Waals surface area (Å²) in [4.78, 5) is 30.9. The third kappa shape index (κ3) is 2.59. The van der Waals surface area contributed by atoms with Crippen LogP contribution in [0, 0.1) is 0 Å². The smallest absolute Gasteiger partial charge is 0.314 e. The molecule has 0 aromatic heterocycles. The van der Waals surface area contributed by atoms with Crippen LogP contribution in [0.2, 0.25) is 0 Å². The molecule has 2 aliphatic rings. The molecule has 0 spiro atoms. The Kier molecular flexibility index (Phi) is 3.28. The van der Waals surface area contributed by atoms with E-state index in [1.54, 1.807) is 24.3 Å². The molecule has 0 fully saturated rings. The van der Waals surface area contributed by atoms with Gasteiger partial charge in [0.15, 0.2) is 0 Å². The Morgan fingerprint density at radius 1 is 0.850 bits per heavy atom. The van der Waals surface area contributed by atoms with E-state index in [9.17, 15) is 9.59 Å². The fourth-order valence-electron chi connectivity index (χ4n) is 1.97. The summed E-state index contributed by atoms with van der Waals surface area (Å²) in [5, 5.41) is 0. The molecule has 6 heteroatoms. The van der Waals surface area contributed by atoms with Crippen LogP contribution in [0.4, 0.5) is 0 Å². The molecule has 0 amide bonds. The lowest BCUT2D eigenvalue weighted by Gasteiger charge is -2.15. The number of hydrogen-bond acceptors (Lipinski definition) is 6. The molecule has 0 atom stereocenters. The molecule has 0 unspecified atom stereocenters. The predicted molar refractivity (Wildman–Crippen MR) is 70.7 cm³/mol. The lowest BCUT2D eigenvalue weighted by atomic mass is 10.1. The molecule has 0 saturated heterocycles. The molecule has 1 aromatic rings. The molecule has 0 bridgehead atoms. The molecule has 0 aliphatic carbocycles. The summed E-state index contributed by atoms with van der Waals surface area (Å²) in [6, 6.07) is 7.09. The average Bonchev–Trinajstić information content (AvgIpc) is 2.47. The van der Waals surface area contributed by atoms with Crippen molar-refractivity contribution in [1.82, 2.24) is 0 Å². The summed E-state index contributed by atoms with van der Waals surface area (Å²) >= 11 is 0. The van der Waals surface area contributed by atoms with Gasteiger partial charge in [-0.2, -0.15) is 0 Å². The Hall–Kier alpha value is -2.50. The number of carbonyl (C=O) groups is 2. The van der Waals surface area contributed by atoms with E-state index in [4.69, 9.17) is 9.47 Å². The maximum atomic E-state index is 11.3. The molecule has 0 N–H and O–H groups in total. The zero-order valence-electron chi connectivity index (χ0n) is 10.7. The van der Waals surface area contributed by atoms with Crippen molar-refractivity contribution in [3.05, 3.63) is 35.4 Å². The molecule has 2 heterocycles. The fourth-order valence-corrected chi connectivity index (χ4v) is 1.97. The first-order chi connectivity index (χ1) is 9.72. The molecule has 102 valence electrons.